The van der Waals surface area contributed by atoms with Gasteiger partial charge in [-0.2, -0.15) is 0 Å². The first-order valence-corrected chi connectivity index (χ1v) is 4.82. The molecule has 1 aliphatic heterocycles. The van der Waals surface area contributed by atoms with E-state index in [2.05, 4.69) is 15.5 Å². The largest absolute Gasteiger partial charge is 0.316 e. The number of nitrogens with one attached hydrogen (secondary N) is 3. The molecule has 2 heterocycles. The molecule has 1 unspecified atom stereocenters. The quantitative estimate of drug-likeness (QED) is 0.625. The van der Waals surface area contributed by atoms with Gasteiger partial charge in [0.25, 0.3) is 5.56 Å². The number of rotatable bonds is 3. The van der Waals surface area contributed by atoms with Crippen molar-refractivity contribution < 1.29 is 0 Å². The van der Waals surface area contributed by atoms with Crippen molar-refractivity contribution in [1.82, 2.24) is 15.5 Å². The van der Waals surface area contributed by atoms with E-state index >= 15 is 0 Å². The first kappa shape index (κ1) is 8.56. The summed E-state index contributed by atoms with van der Waals surface area (Å²) in [5, 5.41) is 8.75. The van der Waals surface area contributed by atoms with E-state index in [0.717, 1.165) is 31.1 Å². The highest BCUT2D eigenvalue weighted by molar-refractivity contribution is 4.98. The zero-order valence-corrected chi connectivity index (χ0v) is 7.60. The van der Waals surface area contributed by atoms with Crippen molar-refractivity contribution >= 4 is 0 Å². The highest BCUT2D eigenvalue weighted by atomic mass is 16.1. The summed E-state index contributed by atoms with van der Waals surface area (Å²) in [6.07, 6.45) is 3.42. The molecule has 0 amide bonds. The Bertz CT molecular complexity index is 309. The molecule has 1 aliphatic rings. The van der Waals surface area contributed by atoms with E-state index in [1.54, 1.807) is 6.07 Å². The Morgan fingerprint density at radius 2 is 2.38 bits per heavy atom. The molecule has 0 saturated carbocycles. The summed E-state index contributed by atoms with van der Waals surface area (Å²) >= 11 is 0. The number of hydrogen-bond donors (Lipinski definition) is 3. The monoisotopic (exact) mass is 181 g/mol. The fourth-order valence-corrected chi connectivity index (χ4v) is 1.83. The first-order chi connectivity index (χ1) is 6.34. The third-order valence-corrected chi connectivity index (χ3v) is 2.64. The van der Waals surface area contributed by atoms with Crippen LogP contribution in [0.4, 0.5) is 0 Å². The minimum absolute atomic E-state index is 0.0282. The van der Waals surface area contributed by atoms with Gasteiger partial charge in [0, 0.05) is 11.8 Å². The lowest BCUT2D eigenvalue weighted by Crippen LogP contribution is -2.09. The van der Waals surface area contributed by atoms with Gasteiger partial charge in [0.1, 0.15) is 0 Å². The maximum absolute atomic E-state index is 10.8. The number of aryl methyl sites for hydroxylation is 1. The predicted molar refractivity (Wildman–Crippen MR) is 50.7 cm³/mol. The van der Waals surface area contributed by atoms with E-state index in [9.17, 15) is 4.79 Å². The molecule has 0 aromatic carbocycles. The van der Waals surface area contributed by atoms with E-state index in [0.29, 0.717) is 0 Å². The van der Waals surface area contributed by atoms with Crippen LogP contribution in [0.25, 0.3) is 0 Å². The van der Waals surface area contributed by atoms with Gasteiger partial charge in [0.15, 0.2) is 0 Å². The van der Waals surface area contributed by atoms with Crippen LogP contribution in [0.3, 0.4) is 0 Å². The second kappa shape index (κ2) is 3.79. The Morgan fingerprint density at radius 1 is 1.46 bits per heavy atom. The highest BCUT2D eigenvalue weighted by Gasteiger charge is 2.14. The summed E-state index contributed by atoms with van der Waals surface area (Å²) in [7, 11) is 0. The first-order valence-electron chi connectivity index (χ1n) is 4.82. The van der Waals surface area contributed by atoms with Gasteiger partial charge < -0.3 is 10.4 Å². The number of aromatic nitrogens is 2. The summed E-state index contributed by atoms with van der Waals surface area (Å²) in [5.41, 5.74) is 0.997. The van der Waals surface area contributed by atoms with Crippen LogP contribution in [0.1, 0.15) is 18.5 Å². The predicted octanol–water partition coefficient (Wildman–Crippen LogP) is 0.245. The third kappa shape index (κ3) is 2.21. The molecule has 2 rings (SSSR count). The van der Waals surface area contributed by atoms with E-state index in [1.807, 2.05) is 0 Å². The van der Waals surface area contributed by atoms with Gasteiger partial charge in [-0.25, -0.2) is 0 Å². The van der Waals surface area contributed by atoms with Crippen LogP contribution in [0.2, 0.25) is 0 Å². The van der Waals surface area contributed by atoms with Crippen LogP contribution in [0.15, 0.2) is 10.9 Å². The summed E-state index contributed by atoms with van der Waals surface area (Å²) in [5.74, 6) is 0.790. The molecule has 0 aliphatic carbocycles. The highest BCUT2D eigenvalue weighted by Crippen LogP contribution is 2.14. The van der Waals surface area contributed by atoms with Crippen LogP contribution < -0.4 is 10.9 Å². The van der Waals surface area contributed by atoms with Gasteiger partial charge in [-0.1, -0.05) is 0 Å². The normalized spacial score (nSPS) is 22.3. The molecule has 4 heteroatoms. The second-order valence-electron chi connectivity index (χ2n) is 3.68. The molecule has 1 aromatic heterocycles. The van der Waals surface area contributed by atoms with Crippen molar-refractivity contribution in [3.63, 3.8) is 0 Å². The van der Waals surface area contributed by atoms with Crippen molar-refractivity contribution in [2.24, 2.45) is 5.92 Å². The molecule has 1 saturated heterocycles. The number of hydrogen-bond acceptors (Lipinski definition) is 2. The lowest BCUT2D eigenvalue weighted by molar-refractivity contribution is 0.529. The molecule has 4 nitrogen and oxygen atoms in total. The molecule has 1 fully saturated rings. The molecular formula is C9H15N3O. The van der Waals surface area contributed by atoms with E-state index in [-0.39, 0.29) is 5.56 Å². The minimum atomic E-state index is -0.0282. The Kier molecular flexibility index (Phi) is 2.49. The van der Waals surface area contributed by atoms with Gasteiger partial charge in [-0.3, -0.25) is 9.89 Å². The summed E-state index contributed by atoms with van der Waals surface area (Å²) < 4.78 is 0. The second-order valence-corrected chi connectivity index (χ2v) is 3.68. The standard InChI is InChI=1S/C9H15N3O/c13-9-5-8(11-12-9)2-1-7-3-4-10-6-7/h5,7,10H,1-4,6H2,(H2,11,12,13). The van der Waals surface area contributed by atoms with Gasteiger partial charge in [0.05, 0.1) is 0 Å². The average Bonchev–Trinajstić information content (AvgIpc) is 2.71. The molecule has 1 aromatic rings. The van der Waals surface area contributed by atoms with Crippen molar-refractivity contribution in [3.05, 3.63) is 22.1 Å². The van der Waals surface area contributed by atoms with Gasteiger partial charge in [-0.15, -0.1) is 0 Å². The lowest BCUT2D eigenvalue weighted by Gasteiger charge is -2.05. The van der Waals surface area contributed by atoms with E-state index < -0.39 is 0 Å². The molecule has 1 atom stereocenters. The number of aromatic amines is 2. The molecule has 3 N–H and O–H groups in total. The summed E-state index contributed by atoms with van der Waals surface area (Å²) in [4.78, 5) is 10.8. The molecule has 72 valence electrons. The Morgan fingerprint density at radius 3 is 3.00 bits per heavy atom. The van der Waals surface area contributed by atoms with Crippen molar-refractivity contribution in [2.45, 2.75) is 19.3 Å². The smallest absolute Gasteiger partial charge is 0.264 e. The van der Waals surface area contributed by atoms with Crippen LogP contribution in [-0.2, 0) is 6.42 Å². The fourth-order valence-electron chi connectivity index (χ4n) is 1.83. The van der Waals surface area contributed by atoms with E-state index in [1.165, 1.54) is 12.8 Å². The van der Waals surface area contributed by atoms with Crippen LogP contribution in [-0.4, -0.2) is 23.3 Å². The van der Waals surface area contributed by atoms with Crippen molar-refractivity contribution in [3.8, 4) is 0 Å². The Labute approximate surface area is 76.7 Å². The Hall–Kier alpha value is -1.03. The molecule has 13 heavy (non-hydrogen) atoms. The Balaban J connectivity index is 1.82. The van der Waals surface area contributed by atoms with Crippen LogP contribution in [0, 0.1) is 5.92 Å². The van der Waals surface area contributed by atoms with Crippen LogP contribution in [0.5, 0.6) is 0 Å². The average molecular weight is 181 g/mol. The lowest BCUT2D eigenvalue weighted by atomic mass is 10.0. The third-order valence-electron chi connectivity index (χ3n) is 2.64. The maximum atomic E-state index is 10.8. The van der Waals surface area contributed by atoms with E-state index in [4.69, 9.17) is 0 Å². The minimum Gasteiger partial charge on any atom is -0.316 e. The van der Waals surface area contributed by atoms with Gasteiger partial charge in [-0.05, 0) is 38.3 Å². The van der Waals surface area contributed by atoms with Gasteiger partial charge >= 0.3 is 0 Å². The molecule has 0 bridgehead atoms. The molecular weight excluding hydrogens is 166 g/mol. The summed E-state index contributed by atoms with van der Waals surface area (Å²) in [6.45, 7) is 2.28. The summed E-state index contributed by atoms with van der Waals surface area (Å²) in [6, 6.07) is 1.64. The topological polar surface area (TPSA) is 60.7 Å². The zero-order valence-electron chi connectivity index (χ0n) is 7.60. The molecule has 0 spiro atoms. The number of H-pyrrole nitrogens is 2. The maximum Gasteiger partial charge on any atom is 0.264 e. The fraction of sp³-hybridized carbons (Fsp3) is 0.667. The SMILES string of the molecule is O=c1cc(CCC2CCNC2)[nH][nH]1. The van der Waals surface area contributed by atoms with Crippen molar-refractivity contribution in [2.75, 3.05) is 13.1 Å². The van der Waals surface area contributed by atoms with Crippen LogP contribution >= 0.6 is 0 Å². The zero-order chi connectivity index (χ0) is 9.10. The molecule has 0 radical (unpaired) electrons. The van der Waals surface area contributed by atoms with Gasteiger partial charge in [0.2, 0.25) is 0 Å². The van der Waals surface area contributed by atoms with Crippen molar-refractivity contribution in [1.29, 1.82) is 0 Å².